The van der Waals surface area contributed by atoms with Crippen LogP contribution in [-0.4, -0.2) is 57.3 Å². The van der Waals surface area contributed by atoms with Gasteiger partial charge in [-0.15, -0.1) is 0 Å². The summed E-state index contributed by atoms with van der Waals surface area (Å²) in [5.74, 6) is -1.13. The number of aryl methyl sites for hydroxylation is 2. The summed E-state index contributed by atoms with van der Waals surface area (Å²) in [6.07, 6.45) is 0.490. The summed E-state index contributed by atoms with van der Waals surface area (Å²) < 4.78 is 5.25. The monoisotopic (exact) mass is 497 g/mol. The van der Waals surface area contributed by atoms with Crippen LogP contribution >= 0.6 is 0 Å². The molecule has 0 heterocycles. The zero-order valence-corrected chi connectivity index (χ0v) is 21.4. The van der Waals surface area contributed by atoms with Crippen molar-refractivity contribution in [3.63, 3.8) is 0 Å². The number of hydrogen-bond acceptors (Lipinski definition) is 6. The Morgan fingerprint density at radius 1 is 1.08 bits per heavy atom. The first-order chi connectivity index (χ1) is 16.9. The molecule has 3 rings (SSSR count). The van der Waals surface area contributed by atoms with Crippen molar-refractivity contribution < 1.29 is 29.3 Å². The van der Waals surface area contributed by atoms with E-state index in [1.807, 2.05) is 32.0 Å². The molecule has 1 aliphatic rings. The molecule has 194 valence electrons. The lowest BCUT2D eigenvalue weighted by molar-refractivity contribution is -0.142. The number of anilines is 1. The van der Waals surface area contributed by atoms with Gasteiger partial charge in [0.1, 0.15) is 23.4 Å². The first-order valence-electron chi connectivity index (χ1n) is 12.0. The average Bonchev–Trinajstić information content (AvgIpc) is 3.61. The number of aliphatic hydroxyl groups excluding tert-OH is 1. The Kier molecular flexibility index (Phi) is 8.24. The van der Waals surface area contributed by atoms with Crippen molar-refractivity contribution in [2.75, 3.05) is 11.9 Å². The molecule has 9 nitrogen and oxygen atoms in total. The highest BCUT2D eigenvalue weighted by molar-refractivity contribution is 6.00. The van der Waals surface area contributed by atoms with Gasteiger partial charge in [-0.25, -0.2) is 4.79 Å². The molecule has 0 saturated heterocycles. The van der Waals surface area contributed by atoms with Crippen LogP contribution in [0.1, 0.15) is 56.3 Å². The van der Waals surface area contributed by atoms with E-state index < -0.39 is 42.2 Å². The van der Waals surface area contributed by atoms with Crippen LogP contribution in [0.5, 0.6) is 5.75 Å². The fourth-order valence-electron chi connectivity index (χ4n) is 4.02. The summed E-state index contributed by atoms with van der Waals surface area (Å²) in [7, 11) is 0. The van der Waals surface area contributed by atoms with Gasteiger partial charge in [-0.3, -0.25) is 9.59 Å². The zero-order chi connectivity index (χ0) is 26.6. The summed E-state index contributed by atoms with van der Waals surface area (Å²) in [5.41, 5.74) is 1.98. The Morgan fingerprint density at radius 3 is 2.22 bits per heavy atom. The molecule has 1 fully saturated rings. The molecule has 3 amide bonds. The molecule has 2 aromatic carbocycles. The van der Waals surface area contributed by atoms with Crippen molar-refractivity contribution in [2.45, 2.75) is 71.2 Å². The maximum Gasteiger partial charge on any atom is 0.408 e. The van der Waals surface area contributed by atoms with Crippen molar-refractivity contribution in [3.8, 4) is 5.75 Å². The van der Waals surface area contributed by atoms with Crippen LogP contribution in [0.15, 0.2) is 42.5 Å². The number of rotatable bonds is 8. The van der Waals surface area contributed by atoms with Crippen LogP contribution in [0.2, 0.25) is 0 Å². The van der Waals surface area contributed by atoms with E-state index in [2.05, 4.69) is 10.6 Å². The third-order valence-corrected chi connectivity index (χ3v) is 5.81. The summed E-state index contributed by atoms with van der Waals surface area (Å²) in [5, 5.41) is 25.5. The van der Waals surface area contributed by atoms with E-state index >= 15 is 0 Å². The number of aliphatic hydroxyl groups is 1. The number of ether oxygens (including phenoxy) is 1. The maximum atomic E-state index is 13.8. The van der Waals surface area contributed by atoms with Gasteiger partial charge >= 0.3 is 6.09 Å². The highest BCUT2D eigenvalue weighted by Crippen LogP contribution is 2.37. The number of para-hydroxylation sites is 1. The van der Waals surface area contributed by atoms with Crippen LogP contribution in [0.4, 0.5) is 10.5 Å². The molecule has 0 spiro atoms. The number of carbonyl (C=O) groups is 3. The molecular weight excluding hydrogens is 462 g/mol. The molecule has 1 saturated carbocycles. The van der Waals surface area contributed by atoms with E-state index in [1.54, 1.807) is 32.9 Å². The van der Waals surface area contributed by atoms with E-state index in [0.717, 1.165) is 11.1 Å². The molecule has 2 atom stereocenters. The van der Waals surface area contributed by atoms with E-state index in [4.69, 9.17) is 4.74 Å². The lowest BCUT2D eigenvalue weighted by Crippen LogP contribution is -2.54. The predicted molar refractivity (Wildman–Crippen MR) is 136 cm³/mol. The number of aromatic hydroxyl groups is 1. The molecule has 4 N–H and O–H groups in total. The third-order valence-electron chi connectivity index (χ3n) is 5.81. The minimum Gasteiger partial charge on any atom is -0.508 e. The molecule has 0 radical (unpaired) electrons. The summed E-state index contributed by atoms with van der Waals surface area (Å²) in [6, 6.07) is 9.14. The number of hydrogen-bond donors (Lipinski definition) is 4. The van der Waals surface area contributed by atoms with Crippen LogP contribution in [0, 0.1) is 13.8 Å². The van der Waals surface area contributed by atoms with Crippen LogP contribution in [0.25, 0.3) is 0 Å². The number of nitrogens with zero attached hydrogens (tertiary/aromatic N) is 1. The topological polar surface area (TPSA) is 128 Å². The normalized spacial score (nSPS) is 14.9. The molecule has 1 aliphatic carbocycles. The van der Waals surface area contributed by atoms with Crippen molar-refractivity contribution in [2.24, 2.45) is 0 Å². The molecule has 0 bridgehead atoms. The van der Waals surface area contributed by atoms with Gasteiger partial charge in [0.15, 0.2) is 0 Å². The van der Waals surface area contributed by atoms with E-state index in [1.165, 1.54) is 17.0 Å². The Morgan fingerprint density at radius 2 is 1.69 bits per heavy atom. The highest BCUT2D eigenvalue weighted by Gasteiger charge is 2.44. The molecule has 36 heavy (non-hydrogen) atoms. The average molecular weight is 498 g/mol. The first kappa shape index (κ1) is 27.0. The molecule has 2 unspecified atom stereocenters. The van der Waals surface area contributed by atoms with Crippen LogP contribution in [-0.2, 0) is 14.3 Å². The van der Waals surface area contributed by atoms with Crippen molar-refractivity contribution in [1.82, 2.24) is 10.2 Å². The number of phenols is 1. The highest BCUT2D eigenvalue weighted by atomic mass is 16.6. The Labute approximate surface area is 211 Å². The smallest absolute Gasteiger partial charge is 0.408 e. The fourth-order valence-corrected chi connectivity index (χ4v) is 4.02. The largest absolute Gasteiger partial charge is 0.508 e. The summed E-state index contributed by atoms with van der Waals surface area (Å²) >= 11 is 0. The zero-order valence-electron chi connectivity index (χ0n) is 21.4. The standard InChI is InChI=1S/C27H35N3O6/c1-16-8-6-9-17(2)22(16)29-24(33)23(18-10-7-11-20(32)14-18)30(19-12-13-19)25(34)21(15-31)28-26(35)36-27(3,4)5/h6-11,14,19,21,23,31-32H,12-13,15H2,1-5H3,(H,28,35)(H,29,33). The maximum absolute atomic E-state index is 13.8. The Bertz CT molecular complexity index is 1100. The second-order valence-electron chi connectivity index (χ2n) is 10.1. The van der Waals surface area contributed by atoms with Crippen LogP contribution in [0.3, 0.4) is 0 Å². The molecule has 9 heteroatoms. The van der Waals surface area contributed by atoms with Gasteiger partial charge in [-0.05, 0) is 76.3 Å². The number of benzene rings is 2. The number of nitrogens with one attached hydrogen (secondary N) is 2. The molecular formula is C27H35N3O6. The van der Waals surface area contributed by atoms with Gasteiger partial charge in [0.25, 0.3) is 5.91 Å². The van der Waals surface area contributed by atoms with Crippen molar-refractivity contribution in [1.29, 1.82) is 0 Å². The minimum absolute atomic E-state index is 0.0499. The predicted octanol–water partition coefficient (Wildman–Crippen LogP) is 3.57. The Balaban J connectivity index is 1.98. The van der Waals surface area contributed by atoms with Gasteiger partial charge < -0.3 is 30.5 Å². The lowest BCUT2D eigenvalue weighted by Gasteiger charge is -2.34. The Hall–Kier alpha value is -3.59. The SMILES string of the molecule is Cc1cccc(C)c1NC(=O)C(c1cccc(O)c1)N(C(=O)C(CO)NC(=O)OC(C)(C)C)C1CC1. The van der Waals surface area contributed by atoms with Crippen molar-refractivity contribution in [3.05, 3.63) is 59.2 Å². The van der Waals surface area contributed by atoms with Gasteiger partial charge in [0.05, 0.1) is 6.61 Å². The third kappa shape index (κ3) is 6.75. The minimum atomic E-state index is -1.31. The quantitative estimate of drug-likeness (QED) is 0.442. The van der Waals surface area contributed by atoms with Crippen LogP contribution < -0.4 is 10.6 Å². The van der Waals surface area contributed by atoms with Gasteiger partial charge in [0, 0.05) is 11.7 Å². The van der Waals surface area contributed by atoms with Gasteiger partial charge in [-0.1, -0.05) is 30.3 Å². The number of alkyl carbamates (subject to hydrolysis) is 1. The number of phenolic OH excluding ortho intramolecular Hbond substituents is 1. The number of carbonyl (C=O) groups excluding carboxylic acids is 3. The molecule has 0 aromatic heterocycles. The summed E-state index contributed by atoms with van der Waals surface area (Å²) in [4.78, 5) is 41.2. The number of amides is 3. The van der Waals surface area contributed by atoms with Crippen molar-refractivity contribution >= 4 is 23.6 Å². The van der Waals surface area contributed by atoms with Gasteiger partial charge in [-0.2, -0.15) is 0 Å². The molecule has 2 aromatic rings. The first-order valence-corrected chi connectivity index (χ1v) is 12.0. The second kappa shape index (κ2) is 11.0. The van der Waals surface area contributed by atoms with E-state index in [0.29, 0.717) is 24.1 Å². The molecule has 0 aliphatic heterocycles. The fraction of sp³-hybridized carbons (Fsp3) is 0.444. The van der Waals surface area contributed by atoms with E-state index in [9.17, 15) is 24.6 Å². The lowest BCUT2D eigenvalue weighted by atomic mass is 10.0. The van der Waals surface area contributed by atoms with E-state index in [-0.39, 0.29) is 11.8 Å². The summed E-state index contributed by atoms with van der Waals surface area (Å²) in [6.45, 7) is 8.15. The second-order valence-corrected chi connectivity index (χ2v) is 10.1. The van der Waals surface area contributed by atoms with Gasteiger partial charge in [0.2, 0.25) is 5.91 Å².